The minimum absolute atomic E-state index is 0.0168. The van der Waals surface area contributed by atoms with Gasteiger partial charge in [0.05, 0.1) is 20.1 Å². The van der Waals surface area contributed by atoms with E-state index in [0.717, 1.165) is 25.7 Å². The third-order valence-corrected chi connectivity index (χ3v) is 3.82. The van der Waals surface area contributed by atoms with Crippen LogP contribution in [0.2, 0.25) is 0 Å². The number of hydrogen-bond acceptors (Lipinski definition) is 6. The number of carbonyl (C=O) groups excluding carboxylic acids is 2. The van der Waals surface area contributed by atoms with Crippen LogP contribution < -0.4 is 5.32 Å². The molecule has 0 saturated heterocycles. The van der Waals surface area contributed by atoms with E-state index in [2.05, 4.69) is 10.3 Å². The van der Waals surface area contributed by atoms with Crippen LogP contribution >= 0.6 is 0 Å². The molecule has 114 valence electrons. The minimum Gasteiger partial charge on any atom is -0.469 e. The highest BCUT2D eigenvalue weighted by Gasteiger charge is 2.27. The van der Waals surface area contributed by atoms with E-state index in [9.17, 15) is 9.59 Å². The van der Waals surface area contributed by atoms with Crippen molar-refractivity contribution in [3.63, 3.8) is 0 Å². The van der Waals surface area contributed by atoms with E-state index >= 15 is 0 Å². The Balaban J connectivity index is 1.98. The lowest BCUT2D eigenvalue weighted by atomic mass is 9.86. The van der Waals surface area contributed by atoms with Gasteiger partial charge < -0.3 is 14.8 Å². The Morgan fingerprint density at radius 1 is 1.19 bits per heavy atom. The van der Waals surface area contributed by atoms with E-state index in [1.165, 1.54) is 14.2 Å². The third kappa shape index (κ3) is 3.71. The van der Waals surface area contributed by atoms with E-state index in [4.69, 9.17) is 9.47 Å². The Morgan fingerprint density at radius 3 is 2.52 bits per heavy atom. The molecule has 6 heteroatoms. The maximum Gasteiger partial charge on any atom is 0.341 e. The molecular weight excluding hydrogens is 272 g/mol. The first kappa shape index (κ1) is 15.3. The Morgan fingerprint density at radius 2 is 1.90 bits per heavy atom. The minimum atomic E-state index is -0.408. The molecule has 1 heterocycles. The highest BCUT2D eigenvalue weighted by Crippen LogP contribution is 2.27. The van der Waals surface area contributed by atoms with E-state index in [1.807, 2.05) is 0 Å². The van der Waals surface area contributed by atoms with Crippen molar-refractivity contribution < 1.29 is 19.1 Å². The molecule has 1 aliphatic carbocycles. The van der Waals surface area contributed by atoms with Gasteiger partial charge in [-0.1, -0.05) is 0 Å². The Hall–Kier alpha value is -2.11. The molecule has 0 spiro atoms. The molecule has 1 N–H and O–H groups in total. The van der Waals surface area contributed by atoms with E-state index in [0.29, 0.717) is 11.4 Å². The van der Waals surface area contributed by atoms with Crippen molar-refractivity contribution in [2.45, 2.75) is 31.7 Å². The Labute approximate surface area is 123 Å². The Bertz CT molecular complexity index is 510. The van der Waals surface area contributed by atoms with Gasteiger partial charge in [-0.05, 0) is 37.8 Å². The van der Waals surface area contributed by atoms with Crippen LogP contribution in [0.1, 0.15) is 36.0 Å². The smallest absolute Gasteiger partial charge is 0.341 e. The standard InChI is InChI=1S/C15H20N2O4/c1-20-14(18)10-5-7-11(8-6-10)17-13-12(15(19)21-2)4-3-9-16-13/h3-4,9-11H,5-8H2,1-2H3,(H,16,17). The summed E-state index contributed by atoms with van der Waals surface area (Å²) in [6.45, 7) is 0. The number of ether oxygens (including phenoxy) is 2. The number of nitrogens with zero attached hydrogens (tertiary/aromatic N) is 1. The van der Waals surface area contributed by atoms with Crippen molar-refractivity contribution >= 4 is 17.8 Å². The number of hydrogen-bond donors (Lipinski definition) is 1. The predicted molar refractivity (Wildman–Crippen MR) is 77.0 cm³/mol. The quantitative estimate of drug-likeness (QED) is 0.855. The molecule has 0 aliphatic heterocycles. The second-order valence-corrected chi connectivity index (χ2v) is 5.11. The highest BCUT2D eigenvalue weighted by atomic mass is 16.5. The number of rotatable bonds is 4. The number of esters is 2. The molecule has 6 nitrogen and oxygen atoms in total. The summed E-state index contributed by atoms with van der Waals surface area (Å²) in [5.41, 5.74) is 0.426. The fraction of sp³-hybridized carbons (Fsp3) is 0.533. The molecule has 1 fully saturated rings. The summed E-state index contributed by atoms with van der Waals surface area (Å²) >= 11 is 0. The molecule has 0 aromatic carbocycles. The SMILES string of the molecule is COC(=O)c1cccnc1NC1CCC(C(=O)OC)CC1. The average molecular weight is 292 g/mol. The number of nitrogens with one attached hydrogen (secondary N) is 1. The lowest BCUT2D eigenvalue weighted by Crippen LogP contribution is -2.30. The predicted octanol–water partition coefficient (Wildman–Crippen LogP) is 2.01. The first-order chi connectivity index (χ1) is 10.2. The van der Waals surface area contributed by atoms with Crippen molar-refractivity contribution in [2.24, 2.45) is 5.92 Å². The van der Waals surface area contributed by atoms with E-state index in [1.54, 1.807) is 18.3 Å². The second-order valence-electron chi connectivity index (χ2n) is 5.11. The van der Waals surface area contributed by atoms with E-state index < -0.39 is 5.97 Å². The van der Waals surface area contributed by atoms with Crippen LogP contribution in [0, 0.1) is 5.92 Å². The lowest BCUT2D eigenvalue weighted by molar-refractivity contribution is -0.146. The van der Waals surface area contributed by atoms with Crippen LogP contribution in [-0.4, -0.2) is 37.2 Å². The molecule has 0 atom stereocenters. The molecule has 0 radical (unpaired) electrons. The van der Waals surface area contributed by atoms with E-state index in [-0.39, 0.29) is 17.9 Å². The number of aromatic nitrogens is 1. The normalized spacial score (nSPS) is 21.4. The Kier molecular flexibility index (Phi) is 5.14. The summed E-state index contributed by atoms with van der Waals surface area (Å²) < 4.78 is 9.52. The molecular formula is C15H20N2O4. The summed E-state index contributed by atoms with van der Waals surface area (Å²) in [5.74, 6) is -0.0295. The summed E-state index contributed by atoms with van der Waals surface area (Å²) in [6.07, 6.45) is 4.89. The molecule has 0 amide bonds. The van der Waals surface area contributed by atoms with Gasteiger partial charge in [0, 0.05) is 12.2 Å². The topological polar surface area (TPSA) is 77.5 Å². The van der Waals surface area contributed by atoms with Crippen LogP contribution in [0.3, 0.4) is 0 Å². The van der Waals surface area contributed by atoms with Crippen LogP contribution in [0.4, 0.5) is 5.82 Å². The molecule has 1 aromatic heterocycles. The molecule has 21 heavy (non-hydrogen) atoms. The van der Waals surface area contributed by atoms with Gasteiger partial charge in [0.1, 0.15) is 11.4 Å². The fourth-order valence-electron chi connectivity index (χ4n) is 2.63. The maximum absolute atomic E-state index is 11.7. The van der Waals surface area contributed by atoms with Crippen LogP contribution in [0.25, 0.3) is 0 Å². The molecule has 2 rings (SSSR count). The van der Waals surface area contributed by atoms with Crippen LogP contribution in [0.15, 0.2) is 18.3 Å². The summed E-state index contributed by atoms with van der Waals surface area (Å²) in [7, 11) is 2.77. The lowest BCUT2D eigenvalue weighted by Gasteiger charge is -2.28. The zero-order valence-electron chi connectivity index (χ0n) is 12.3. The van der Waals surface area contributed by atoms with Gasteiger partial charge in [0.15, 0.2) is 0 Å². The van der Waals surface area contributed by atoms with Crippen LogP contribution in [0.5, 0.6) is 0 Å². The summed E-state index contributed by atoms with van der Waals surface area (Å²) in [5, 5.41) is 3.28. The van der Waals surface area contributed by atoms with Gasteiger partial charge in [-0.25, -0.2) is 9.78 Å². The number of pyridine rings is 1. The fourth-order valence-corrected chi connectivity index (χ4v) is 2.63. The van der Waals surface area contributed by atoms with Crippen LogP contribution in [-0.2, 0) is 14.3 Å². The second kappa shape index (κ2) is 7.06. The molecule has 0 bridgehead atoms. The first-order valence-electron chi connectivity index (χ1n) is 7.03. The van der Waals surface area contributed by atoms with Gasteiger partial charge in [0.2, 0.25) is 0 Å². The maximum atomic E-state index is 11.7. The zero-order chi connectivity index (χ0) is 15.2. The third-order valence-electron chi connectivity index (χ3n) is 3.82. The van der Waals surface area contributed by atoms with Gasteiger partial charge in [-0.3, -0.25) is 4.79 Å². The molecule has 1 saturated carbocycles. The molecule has 0 unspecified atom stereocenters. The number of carbonyl (C=O) groups is 2. The van der Waals surface area contributed by atoms with Gasteiger partial charge >= 0.3 is 11.9 Å². The van der Waals surface area contributed by atoms with Crippen molar-refractivity contribution in [3.05, 3.63) is 23.9 Å². The van der Waals surface area contributed by atoms with Gasteiger partial charge in [-0.15, -0.1) is 0 Å². The van der Waals surface area contributed by atoms with Crippen molar-refractivity contribution in [3.8, 4) is 0 Å². The number of methoxy groups -OCH3 is 2. The van der Waals surface area contributed by atoms with Crippen molar-refractivity contribution in [2.75, 3.05) is 19.5 Å². The summed E-state index contributed by atoms with van der Waals surface area (Å²) in [6, 6.07) is 3.58. The van der Waals surface area contributed by atoms with Crippen molar-refractivity contribution in [1.29, 1.82) is 0 Å². The average Bonchev–Trinajstić information content (AvgIpc) is 2.54. The zero-order valence-corrected chi connectivity index (χ0v) is 12.3. The van der Waals surface area contributed by atoms with Gasteiger partial charge in [0.25, 0.3) is 0 Å². The monoisotopic (exact) mass is 292 g/mol. The first-order valence-corrected chi connectivity index (χ1v) is 7.03. The van der Waals surface area contributed by atoms with Gasteiger partial charge in [-0.2, -0.15) is 0 Å². The molecule has 1 aliphatic rings. The number of anilines is 1. The highest BCUT2D eigenvalue weighted by molar-refractivity contribution is 5.94. The van der Waals surface area contributed by atoms with Crippen molar-refractivity contribution in [1.82, 2.24) is 4.98 Å². The largest absolute Gasteiger partial charge is 0.469 e. The summed E-state index contributed by atoms with van der Waals surface area (Å²) in [4.78, 5) is 27.4. The molecule has 1 aromatic rings.